The molecule has 10 N–H and O–H groups in total. The Balaban J connectivity index is 1.91. The first-order valence-corrected chi connectivity index (χ1v) is 48.6. The number of allylic oxidation sites excluding steroid dienone is 4. The van der Waals surface area contributed by atoms with Crippen LogP contribution in [-0.2, 0) is 70.7 Å². The second kappa shape index (κ2) is 70.3. The van der Waals surface area contributed by atoms with Crippen LogP contribution in [0.5, 0.6) is 0 Å². The van der Waals surface area contributed by atoms with Gasteiger partial charge in [-0.15, -0.1) is 0 Å². The highest BCUT2D eigenvalue weighted by atomic mass is 31.2. The van der Waals surface area contributed by atoms with Crippen LogP contribution in [0.2, 0.25) is 0 Å². The van der Waals surface area contributed by atoms with Crippen LogP contribution in [0.15, 0.2) is 24.3 Å². The molecule has 0 aromatic carbocycles. The minimum absolute atomic E-state index is 0.0161. The van der Waals surface area contributed by atoms with Crippen molar-refractivity contribution in [3.05, 3.63) is 24.3 Å². The highest BCUT2D eigenvalue weighted by Crippen LogP contribution is 2.49. The number of phosphoric ester groups is 1. The van der Waals surface area contributed by atoms with E-state index in [1.807, 2.05) is 0 Å². The number of phosphoric acid groups is 1. The largest absolute Gasteiger partial charge is 0.472 e. The summed E-state index contributed by atoms with van der Waals surface area (Å²) < 4.78 is 73.4. The van der Waals surface area contributed by atoms with Gasteiger partial charge in [-0.25, -0.2) is 4.57 Å². The van der Waals surface area contributed by atoms with E-state index in [4.69, 9.17) is 46.9 Å². The maximum Gasteiger partial charge on any atom is 0.472 e. The lowest BCUT2D eigenvalue weighted by Crippen LogP contribution is -2.70. The zero-order chi connectivity index (χ0) is 85.4. The number of hydrogen-bond donors (Lipinski definition) is 10. The number of aliphatic hydroxyl groups is 9. The van der Waals surface area contributed by atoms with Crippen LogP contribution in [0.25, 0.3) is 0 Å². The average molecular weight is 1690 g/mol. The Morgan fingerprint density at radius 2 is 0.641 bits per heavy atom. The molecule has 2 aliphatic heterocycles. The lowest BCUT2D eigenvalue weighted by Gasteiger charge is -2.50. The SMILES string of the molecule is CCCCCC/C=C\CCCCCCCCCC(=O)OCC(COP(=O)(O)OC1C(OC2OC(CO)C(O)C(O)C2O)C(O)C(O)C(OC(=O)CCCCC/C=C\CCCCCCCC)C1OC1OC(COC(=O)CCCCCCCCCCCCCCCCC)C(O)C(O)C1O)OC(=O)CCCCCCCCCCCCCCCCC. The summed E-state index contributed by atoms with van der Waals surface area (Å²) in [7, 11) is -5.81. The summed E-state index contributed by atoms with van der Waals surface area (Å²) in [5.41, 5.74) is 0. The van der Waals surface area contributed by atoms with Gasteiger partial charge < -0.3 is 88.7 Å². The van der Waals surface area contributed by atoms with E-state index in [1.165, 1.54) is 167 Å². The van der Waals surface area contributed by atoms with Crippen molar-refractivity contribution in [2.45, 2.75) is 504 Å². The third-order valence-electron chi connectivity index (χ3n) is 22.9. The summed E-state index contributed by atoms with van der Waals surface area (Å²) >= 11 is 0. The molecule has 3 aliphatic rings. The van der Waals surface area contributed by atoms with E-state index < -0.39 is 162 Å². The predicted octanol–water partition coefficient (Wildman–Crippen LogP) is 17.3. The Hall–Kier alpha value is -3.05. The maximum atomic E-state index is 14.9. The summed E-state index contributed by atoms with van der Waals surface area (Å²) in [6.07, 6.45) is 30.3. The Labute approximate surface area is 704 Å². The van der Waals surface area contributed by atoms with Crippen molar-refractivity contribution < 1.29 is 122 Å². The molecule has 0 radical (unpaired) electrons. The van der Waals surface area contributed by atoms with E-state index in [2.05, 4.69) is 52.0 Å². The van der Waals surface area contributed by atoms with Crippen molar-refractivity contribution in [1.29, 1.82) is 0 Å². The Kier molecular flexibility index (Phi) is 64.9. The average Bonchev–Trinajstić information content (AvgIpc) is 0.755. The van der Waals surface area contributed by atoms with Crippen LogP contribution < -0.4 is 0 Å². The summed E-state index contributed by atoms with van der Waals surface area (Å²) in [4.78, 5) is 66.4. The van der Waals surface area contributed by atoms with Gasteiger partial charge in [0.2, 0.25) is 0 Å². The lowest BCUT2D eigenvalue weighted by atomic mass is 9.84. The third kappa shape index (κ3) is 50.5. The van der Waals surface area contributed by atoms with Crippen molar-refractivity contribution in [3.8, 4) is 0 Å². The molecule has 0 aromatic rings. The molecule has 2 heterocycles. The summed E-state index contributed by atoms with van der Waals surface area (Å²) in [6, 6.07) is 0. The van der Waals surface area contributed by atoms with Gasteiger partial charge in [-0.1, -0.05) is 322 Å². The number of carbonyl (C=O) groups excluding carboxylic acids is 4. The molecular formula is C91H167O25P. The minimum atomic E-state index is -5.81. The normalized spacial score (nSPS) is 25.1. The second-order valence-electron chi connectivity index (χ2n) is 33.5. The second-order valence-corrected chi connectivity index (χ2v) is 34.9. The van der Waals surface area contributed by atoms with Gasteiger partial charge in [0.25, 0.3) is 0 Å². The molecule has 18 atom stereocenters. The number of ether oxygens (including phenoxy) is 8. The molecule has 686 valence electrons. The van der Waals surface area contributed by atoms with Crippen LogP contribution >= 0.6 is 7.82 Å². The first kappa shape index (κ1) is 108. The summed E-state index contributed by atoms with van der Waals surface area (Å²) in [6.45, 7) is 5.58. The number of hydrogen-bond acceptors (Lipinski definition) is 24. The molecule has 2 saturated heterocycles. The lowest BCUT2D eigenvalue weighted by molar-refractivity contribution is -0.360. The van der Waals surface area contributed by atoms with Gasteiger partial charge in [0.05, 0.1) is 13.2 Å². The molecule has 1 saturated carbocycles. The standard InChI is InChI=1S/C91H167O25P/c1-5-9-13-17-21-25-29-33-36-40-43-47-51-55-59-63-74(93)107-68-71(110-76(95)65-61-57-53-49-46-42-38-35-31-27-23-19-15-11-7-3)69-109-117(105,106)116-89-87(114-90-84(103)80(99)78(97)72(67-92)111-90)83(102)82(101)86(113-77(96)66-62-58-54-50-45-39-32-28-24-20-16-12-8-4)88(89)115-91-85(104)81(100)79(98)73(112-91)70-108-75(94)64-60-56-52-48-44-41-37-34-30-26-22-18-14-10-6-2/h25,29,39,45,71-73,78-92,97-104H,5-24,26-28,30-38,40-44,46-70H2,1-4H3,(H,105,106)/b29-25-,45-39-. The first-order valence-electron chi connectivity index (χ1n) is 47.1. The van der Waals surface area contributed by atoms with Crippen LogP contribution in [0.1, 0.15) is 400 Å². The number of carbonyl (C=O) groups is 4. The summed E-state index contributed by atoms with van der Waals surface area (Å²) in [5, 5.41) is 102. The highest BCUT2D eigenvalue weighted by molar-refractivity contribution is 7.47. The number of rotatable bonds is 76. The van der Waals surface area contributed by atoms with Crippen LogP contribution in [0.3, 0.4) is 0 Å². The molecule has 18 unspecified atom stereocenters. The number of unbranched alkanes of at least 4 members (excludes halogenated alkanes) is 48. The fourth-order valence-electron chi connectivity index (χ4n) is 15.4. The van der Waals surface area contributed by atoms with Crippen molar-refractivity contribution in [3.63, 3.8) is 0 Å². The molecule has 0 spiro atoms. The van der Waals surface area contributed by atoms with Crippen LogP contribution in [0, 0.1) is 0 Å². The van der Waals surface area contributed by atoms with E-state index in [-0.39, 0.29) is 32.1 Å². The smallest absolute Gasteiger partial charge is 0.463 e. The first-order chi connectivity index (χ1) is 56.7. The van der Waals surface area contributed by atoms with Crippen molar-refractivity contribution in [1.82, 2.24) is 0 Å². The van der Waals surface area contributed by atoms with Crippen LogP contribution in [0.4, 0.5) is 0 Å². The fourth-order valence-corrected chi connectivity index (χ4v) is 16.4. The maximum absolute atomic E-state index is 14.9. The Morgan fingerprint density at radius 1 is 0.333 bits per heavy atom. The van der Waals surface area contributed by atoms with Crippen molar-refractivity contribution >= 4 is 31.7 Å². The molecular weight excluding hydrogens is 1520 g/mol. The zero-order valence-electron chi connectivity index (χ0n) is 73.0. The summed E-state index contributed by atoms with van der Waals surface area (Å²) in [5.74, 6) is -2.98. The van der Waals surface area contributed by atoms with Gasteiger partial charge in [-0.05, 0) is 77.0 Å². The van der Waals surface area contributed by atoms with Gasteiger partial charge in [0, 0.05) is 25.7 Å². The molecule has 1 aliphatic carbocycles. The van der Waals surface area contributed by atoms with Gasteiger partial charge in [0.1, 0.15) is 92.6 Å². The van der Waals surface area contributed by atoms with Crippen LogP contribution in [-0.4, -0.2) is 205 Å². The van der Waals surface area contributed by atoms with Gasteiger partial charge >= 0.3 is 31.7 Å². The van der Waals surface area contributed by atoms with Crippen molar-refractivity contribution in [2.75, 3.05) is 26.4 Å². The van der Waals surface area contributed by atoms with E-state index in [9.17, 15) is 74.6 Å². The zero-order valence-corrected chi connectivity index (χ0v) is 73.9. The topological polar surface area (TPSA) is 380 Å². The molecule has 0 bridgehead atoms. The van der Waals surface area contributed by atoms with Crippen molar-refractivity contribution in [2.24, 2.45) is 0 Å². The van der Waals surface area contributed by atoms with Gasteiger partial charge in [-0.3, -0.25) is 28.2 Å². The molecule has 25 nitrogen and oxygen atoms in total. The monoisotopic (exact) mass is 1690 g/mol. The predicted molar refractivity (Wildman–Crippen MR) is 453 cm³/mol. The van der Waals surface area contributed by atoms with Gasteiger partial charge in [-0.2, -0.15) is 0 Å². The number of aliphatic hydroxyl groups excluding tert-OH is 9. The van der Waals surface area contributed by atoms with E-state index in [0.717, 1.165) is 141 Å². The Bertz CT molecular complexity index is 2530. The highest BCUT2D eigenvalue weighted by Gasteiger charge is 2.60. The van der Waals surface area contributed by atoms with E-state index in [0.29, 0.717) is 32.1 Å². The molecule has 26 heteroatoms. The van der Waals surface area contributed by atoms with E-state index in [1.54, 1.807) is 0 Å². The third-order valence-corrected chi connectivity index (χ3v) is 23.9. The molecule has 0 aromatic heterocycles. The molecule has 117 heavy (non-hydrogen) atoms. The van der Waals surface area contributed by atoms with E-state index >= 15 is 0 Å². The molecule has 3 fully saturated rings. The fraction of sp³-hybridized carbons (Fsp3) is 0.912. The van der Waals surface area contributed by atoms with Gasteiger partial charge in [0.15, 0.2) is 24.8 Å². The minimum Gasteiger partial charge on any atom is -0.463 e. The number of esters is 4. The molecule has 3 rings (SSSR count). The Morgan fingerprint density at radius 3 is 1.03 bits per heavy atom. The molecule has 0 amide bonds. The quantitative estimate of drug-likeness (QED) is 0.00889.